The molecule has 0 saturated heterocycles. The summed E-state index contributed by atoms with van der Waals surface area (Å²) < 4.78 is 0. The lowest BCUT2D eigenvalue weighted by Gasteiger charge is -2.20. The van der Waals surface area contributed by atoms with Gasteiger partial charge in [0, 0.05) is 19.3 Å². The van der Waals surface area contributed by atoms with E-state index in [0.29, 0.717) is 13.1 Å². The molecule has 0 spiro atoms. The van der Waals surface area contributed by atoms with Gasteiger partial charge in [0.15, 0.2) is 0 Å². The number of carbonyl (C=O) groups is 1. The summed E-state index contributed by atoms with van der Waals surface area (Å²) in [4.78, 5) is 17.4. The van der Waals surface area contributed by atoms with E-state index >= 15 is 0 Å². The van der Waals surface area contributed by atoms with Crippen molar-refractivity contribution in [2.24, 2.45) is 5.73 Å². The Morgan fingerprint density at radius 2 is 2.21 bits per heavy atom. The summed E-state index contributed by atoms with van der Waals surface area (Å²) in [6, 6.07) is 3.99. The molecule has 0 fully saturated rings. The highest BCUT2D eigenvalue weighted by Crippen LogP contribution is 2.08. The van der Waals surface area contributed by atoms with Gasteiger partial charge in [-0.05, 0) is 31.5 Å². The van der Waals surface area contributed by atoms with Gasteiger partial charge in [-0.2, -0.15) is 0 Å². The van der Waals surface area contributed by atoms with Gasteiger partial charge in [-0.3, -0.25) is 9.69 Å². The number of nitrogens with one attached hydrogen (secondary N) is 1. The summed E-state index contributed by atoms with van der Waals surface area (Å²) in [6.45, 7) is 6.92. The van der Waals surface area contributed by atoms with Gasteiger partial charge in [0.25, 0.3) is 0 Å². The average Bonchev–Trinajstić information content (AvgIpc) is 2.38. The molecule has 0 atom stereocenters. The van der Waals surface area contributed by atoms with Crippen molar-refractivity contribution in [1.29, 1.82) is 0 Å². The molecule has 0 aliphatic heterocycles. The maximum Gasteiger partial charge on any atom is 0.231 e. The molecule has 0 saturated carbocycles. The maximum atomic E-state index is 11.1. The number of rotatable bonds is 9. The molecule has 0 unspecified atom stereocenters. The zero-order valence-corrected chi connectivity index (χ0v) is 11.9. The summed E-state index contributed by atoms with van der Waals surface area (Å²) in [5.74, 6) is 0.592. The fourth-order valence-electron chi connectivity index (χ4n) is 1.88. The van der Waals surface area contributed by atoms with Crippen LogP contribution >= 0.6 is 0 Å². The summed E-state index contributed by atoms with van der Waals surface area (Å²) >= 11 is 0. The number of nitrogens with zero attached hydrogens (tertiary/aromatic N) is 2. The van der Waals surface area contributed by atoms with Crippen molar-refractivity contribution in [2.75, 3.05) is 25.0 Å². The molecule has 19 heavy (non-hydrogen) atoms. The third-order valence-corrected chi connectivity index (χ3v) is 2.80. The highest BCUT2D eigenvalue weighted by atomic mass is 16.1. The van der Waals surface area contributed by atoms with Crippen molar-refractivity contribution in [2.45, 2.75) is 33.2 Å². The van der Waals surface area contributed by atoms with Crippen LogP contribution in [-0.2, 0) is 11.3 Å². The van der Waals surface area contributed by atoms with Crippen LogP contribution < -0.4 is 11.1 Å². The topological polar surface area (TPSA) is 71.2 Å². The van der Waals surface area contributed by atoms with E-state index in [1.807, 2.05) is 25.3 Å². The predicted octanol–water partition coefficient (Wildman–Crippen LogP) is 1.60. The molecule has 106 valence electrons. The number of anilines is 1. The lowest BCUT2D eigenvalue weighted by molar-refractivity contribution is -0.119. The number of carbonyl (C=O) groups excluding carboxylic acids is 1. The van der Waals surface area contributed by atoms with Crippen LogP contribution in [0, 0.1) is 0 Å². The number of pyridine rings is 1. The molecular formula is C14H24N4O. The minimum atomic E-state index is -0.284. The van der Waals surface area contributed by atoms with Gasteiger partial charge in [0.1, 0.15) is 5.82 Å². The lowest BCUT2D eigenvalue weighted by Crippen LogP contribution is -2.34. The molecule has 1 heterocycles. The Balaban J connectivity index is 2.58. The standard InChI is InChI=1S/C14H24N4O/c1-3-5-8-18(11-13(15)19)10-12-6-7-14(16-4-2)17-9-12/h6-7,9H,3-5,8,10-11H2,1-2H3,(H2,15,19)(H,16,17). The Kier molecular flexibility index (Phi) is 6.89. The van der Waals surface area contributed by atoms with E-state index in [2.05, 4.69) is 22.1 Å². The van der Waals surface area contributed by atoms with Gasteiger partial charge < -0.3 is 11.1 Å². The van der Waals surface area contributed by atoms with Gasteiger partial charge >= 0.3 is 0 Å². The summed E-state index contributed by atoms with van der Waals surface area (Å²) in [5.41, 5.74) is 6.37. The van der Waals surface area contributed by atoms with Crippen LogP contribution in [0.2, 0.25) is 0 Å². The van der Waals surface area contributed by atoms with Crippen molar-refractivity contribution >= 4 is 11.7 Å². The van der Waals surface area contributed by atoms with Gasteiger partial charge in [0.05, 0.1) is 6.54 Å². The molecule has 0 aliphatic rings. The monoisotopic (exact) mass is 264 g/mol. The quantitative estimate of drug-likeness (QED) is 0.710. The van der Waals surface area contributed by atoms with Gasteiger partial charge in [-0.1, -0.05) is 19.4 Å². The Morgan fingerprint density at radius 3 is 2.74 bits per heavy atom. The lowest BCUT2D eigenvalue weighted by atomic mass is 10.2. The maximum absolute atomic E-state index is 11.1. The van der Waals surface area contributed by atoms with Crippen molar-refractivity contribution in [3.63, 3.8) is 0 Å². The van der Waals surface area contributed by atoms with Crippen molar-refractivity contribution < 1.29 is 4.79 Å². The van der Waals surface area contributed by atoms with Gasteiger partial charge in [-0.15, -0.1) is 0 Å². The number of aromatic nitrogens is 1. The Labute approximate surface area is 115 Å². The first-order valence-electron chi connectivity index (χ1n) is 6.85. The third kappa shape index (κ3) is 6.20. The van der Waals surface area contributed by atoms with E-state index in [-0.39, 0.29) is 5.91 Å². The van der Waals surface area contributed by atoms with Crippen LogP contribution in [0.4, 0.5) is 5.82 Å². The summed E-state index contributed by atoms with van der Waals surface area (Å²) in [7, 11) is 0. The van der Waals surface area contributed by atoms with Crippen molar-refractivity contribution in [3.8, 4) is 0 Å². The highest BCUT2D eigenvalue weighted by molar-refractivity contribution is 5.75. The first-order valence-corrected chi connectivity index (χ1v) is 6.85. The highest BCUT2D eigenvalue weighted by Gasteiger charge is 2.08. The van der Waals surface area contributed by atoms with Gasteiger partial charge in [-0.25, -0.2) is 4.98 Å². The molecule has 0 bridgehead atoms. The first-order chi connectivity index (χ1) is 9.15. The fraction of sp³-hybridized carbons (Fsp3) is 0.571. The van der Waals surface area contributed by atoms with E-state index in [4.69, 9.17) is 5.73 Å². The van der Waals surface area contributed by atoms with Crippen molar-refractivity contribution in [3.05, 3.63) is 23.9 Å². The third-order valence-electron chi connectivity index (χ3n) is 2.80. The largest absolute Gasteiger partial charge is 0.370 e. The molecule has 5 nitrogen and oxygen atoms in total. The number of hydrogen-bond acceptors (Lipinski definition) is 4. The number of nitrogens with two attached hydrogens (primary N) is 1. The molecule has 1 aromatic heterocycles. The molecule has 5 heteroatoms. The van der Waals surface area contributed by atoms with Crippen LogP contribution in [0.3, 0.4) is 0 Å². The molecule has 0 aliphatic carbocycles. The smallest absolute Gasteiger partial charge is 0.231 e. The second-order valence-corrected chi connectivity index (χ2v) is 4.61. The minimum Gasteiger partial charge on any atom is -0.370 e. The molecule has 1 rings (SSSR count). The Hall–Kier alpha value is -1.62. The van der Waals surface area contributed by atoms with E-state index in [1.54, 1.807) is 0 Å². The van der Waals surface area contributed by atoms with E-state index < -0.39 is 0 Å². The predicted molar refractivity (Wildman–Crippen MR) is 77.8 cm³/mol. The zero-order chi connectivity index (χ0) is 14.1. The first kappa shape index (κ1) is 15.4. The fourth-order valence-corrected chi connectivity index (χ4v) is 1.88. The van der Waals surface area contributed by atoms with Crippen LogP contribution in [0.15, 0.2) is 18.3 Å². The van der Waals surface area contributed by atoms with Crippen LogP contribution in [0.1, 0.15) is 32.3 Å². The zero-order valence-electron chi connectivity index (χ0n) is 11.9. The molecule has 0 aromatic carbocycles. The molecule has 1 amide bonds. The van der Waals surface area contributed by atoms with Crippen LogP contribution in [-0.4, -0.2) is 35.4 Å². The minimum absolute atomic E-state index is 0.284. The van der Waals surface area contributed by atoms with Crippen LogP contribution in [0.25, 0.3) is 0 Å². The Morgan fingerprint density at radius 1 is 1.42 bits per heavy atom. The molecule has 0 radical (unpaired) electrons. The average molecular weight is 264 g/mol. The Bertz CT molecular complexity index is 378. The van der Waals surface area contributed by atoms with Crippen molar-refractivity contribution in [1.82, 2.24) is 9.88 Å². The number of amides is 1. The van der Waals surface area contributed by atoms with E-state index in [1.165, 1.54) is 0 Å². The SMILES string of the molecule is CCCCN(CC(N)=O)Cc1ccc(NCC)nc1. The molecular weight excluding hydrogens is 240 g/mol. The second kappa shape index (κ2) is 8.48. The summed E-state index contributed by atoms with van der Waals surface area (Å²) in [6.07, 6.45) is 4.01. The van der Waals surface area contributed by atoms with E-state index in [0.717, 1.165) is 37.3 Å². The second-order valence-electron chi connectivity index (χ2n) is 4.61. The number of hydrogen-bond donors (Lipinski definition) is 2. The normalized spacial score (nSPS) is 10.7. The molecule has 3 N–H and O–H groups in total. The van der Waals surface area contributed by atoms with E-state index in [9.17, 15) is 4.79 Å². The number of primary amides is 1. The van der Waals surface area contributed by atoms with Crippen LogP contribution in [0.5, 0.6) is 0 Å². The number of unbranched alkanes of at least 4 members (excludes halogenated alkanes) is 1. The molecule has 1 aromatic rings. The summed E-state index contributed by atoms with van der Waals surface area (Å²) in [5, 5.41) is 3.16. The van der Waals surface area contributed by atoms with Gasteiger partial charge in [0.2, 0.25) is 5.91 Å².